The summed E-state index contributed by atoms with van der Waals surface area (Å²) in [5.74, 6) is -1.51. The van der Waals surface area contributed by atoms with Crippen LogP contribution in [0.3, 0.4) is 0 Å². The average molecular weight is 353 g/mol. The van der Waals surface area contributed by atoms with E-state index in [0.29, 0.717) is 17.9 Å². The molecule has 1 aromatic rings. The number of carbonyl (C=O) groups is 3. The van der Waals surface area contributed by atoms with Crippen molar-refractivity contribution in [1.82, 2.24) is 0 Å². The fourth-order valence-corrected chi connectivity index (χ4v) is 2.74. The number of cyclic esters (lactones) is 2. The molecule has 0 amide bonds. The van der Waals surface area contributed by atoms with Gasteiger partial charge in [0, 0.05) is 17.9 Å². The molecule has 0 unspecified atom stereocenters. The van der Waals surface area contributed by atoms with Crippen molar-refractivity contribution in [2.75, 3.05) is 5.88 Å². The van der Waals surface area contributed by atoms with Crippen LogP contribution >= 0.6 is 11.6 Å². The fraction of sp³-hybridized carbons (Fsp3) is 0.500. The molecule has 0 bridgehead atoms. The number of halogens is 1. The van der Waals surface area contributed by atoms with Crippen LogP contribution in [0.4, 0.5) is 0 Å². The topological polar surface area (TPSA) is 69.7 Å². The maximum absolute atomic E-state index is 12.5. The second-order valence-electron chi connectivity index (χ2n) is 6.13. The van der Waals surface area contributed by atoms with Gasteiger partial charge in [0.2, 0.25) is 5.60 Å². The Balaban J connectivity index is 2.13. The summed E-state index contributed by atoms with van der Waals surface area (Å²) in [6.07, 6.45) is 2.29. The number of ketones is 1. The van der Waals surface area contributed by atoms with Crippen LogP contribution in [0.5, 0.6) is 0 Å². The third-order valence-electron chi connectivity index (χ3n) is 4.27. The Bertz CT molecular complexity index is 630. The van der Waals surface area contributed by atoms with Crippen molar-refractivity contribution < 1.29 is 23.9 Å². The van der Waals surface area contributed by atoms with Crippen molar-refractivity contribution in [2.45, 2.75) is 50.7 Å². The standard InChI is InChI=1S/C18H21ClO5/c1-17(13-9-5-3-6-10-13)15(21)24-18(2,16(22)23-17)14(20)11-7-4-8-12-19/h3,5-6,9-10H,4,7-8,11-12H2,1-2H3/t17-,18+/m0/s1. The molecule has 0 N–H and O–H groups in total. The summed E-state index contributed by atoms with van der Waals surface area (Å²) in [4.78, 5) is 37.3. The van der Waals surface area contributed by atoms with E-state index in [9.17, 15) is 14.4 Å². The second-order valence-corrected chi connectivity index (χ2v) is 6.51. The molecular weight excluding hydrogens is 332 g/mol. The Hall–Kier alpha value is -1.88. The number of ether oxygens (including phenoxy) is 2. The molecule has 0 spiro atoms. The van der Waals surface area contributed by atoms with Crippen LogP contribution in [-0.4, -0.2) is 29.2 Å². The zero-order valence-corrected chi connectivity index (χ0v) is 14.6. The molecule has 1 aliphatic rings. The van der Waals surface area contributed by atoms with Crippen LogP contribution in [0.2, 0.25) is 0 Å². The van der Waals surface area contributed by atoms with Crippen LogP contribution in [0.25, 0.3) is 0 Å². The van der Waals surface area contributed by atoms with Gasteiger partial charge in [-0.3, -0.25) is 4.79 Å². The predicted octanol–water partition coefficient (Wildman–Crippen LogP) is 3.13. The summed E-state index contributed by atoms with van der Waals surface area (Å²) >= 11 is 5.60. The van der Waals surface area contributed by atoms with Gasteiger partial charge in [-0.25, -0.2) is 9.59 Å². The number of Topliss-reactive ketones (excluding diaryl/α,β-unsaturated/α-hetero) is 1. The largest absolute Gasteiger partial charge is 0.439 e. The molecule has 0 radical (unpaired) electrons. The van der Waals surface area contributed by atoms with E-state index in [0.717, 1.165) is 12.8 Å². The zero-order chi connectivity index (χ0) is 17.8. The van der Waals surface area contributed by atoms with Crippen molar-refractivity contribution in [3.8, 4) is 0 Å². The van der Waals surface area contributed by atoms with Crippen molar-refractivity contribution in [3.63, 3.8) is 0 Å². The predicted molar refractivity (Wildman–Crippen MR) is 88.6 cm³/mol. The van der Waals surface area contributed by atoms with Gasteiger partial charge in [0.25, 0.3) is 5.60 Å². The summed E-state index contributed by atoms with van der Waals surface area (Å²) in [6.45, 7) is 2.76. The van der Waals surface area contributed by atoms with Gasteiger partial charge in [-0.15, -0.1) is 11.6 Å². The van der Waals surface area contributed by atoms with Crippen molar-refractivity contribution in [2.24, 2.45) is 0 Å². The van der Waals surface area contributed by atoms with E-state index in [4.69, 9.17) is 21.1 Å². The first-order valence-electron chi connectivity index (χ1n) is 7.96. The quantitative estimate of drug-likeness (QED) is 0.326. The Morgan fingerprint density at radius 1 is 1.00 bits per heavy atom. The van der Waals surface area contributed by atoms with E-state index in [1.165, 1.54) is 13.8 Å². The van der Waals surface area contributed by atoms with Crippen molar-refractivity contribution in [3.05, 3.63) is 35.9 Å². The lowest BCUT2D eigenvalue weighted by Gasteiger charge is -2.39. The van der Waals surface area contributed by atoms with E-state index < -0.39 is 28.9 Å². The molecule has 2 atom stereocenters. The molecule has 1 aliphatic heterocycles. The average Bonchev–Trinajstić information content (AvgIpc) is 2.57. The molecule has 1 fully saturated rings. The summed E-state index contributed by atoms with van der Waals surface area (Å²) < 4.78 is 10.7. The maximum atomic E-state index is 12.5. The van der Waals surface area contributed by atoms with Gasteiger partial charge in [0.15, 0.2) is 5.78 Å². The number of hydrogen-bond acceptors (Lipinski definition) is 5. The molecule has 5 nitrogen and oxygen atoms in total. The van der Waals surface area contributed by atoms with Crippen LogP contribution in [0.1, 0.15) is 45.1 Å². The molecule has 1 heterocycles. The van der Waals surface area contributed by atoms with Crippen LogP contribution in [0.15, 0.2) is 30.3 Å². The highest BCUT2D eigenvalue weighted by atomic mass is 35.5. The highest BCUT2D eigenvalue weighted by Gasteiger charge is 2.57. The smallest absolute Gasteiger partial charge is 0.359 e. The third-order valence-corrected chi connectivity index (χ3v) is 4.53. The molecule has 24 heavy (non-hydrogen) atoms. The van der Waals surface area contributed by atoms with Crippen LogP contribution in [0, 0.1) is 0 Å². The molecule has 0 saturated carbocycles. The SMILES string of the molecule is C[C@]1(C(=O)CCCCCCl)OC(=O)[C@](C)(c2ccccc2)OC1=O. The lowest BCUT2D eigenvalue weighted by molar-refractivity contribution is -0.223. The third kappa shape index (κ3) is 3.46. The zero-order valence-electron chi connectivity index (χ0n) is 13.8. The van der Waals surface area contributed by atoms with E-state index >= 15 is 0 Å². The monoisotopic (exact) mass is 352 g/mol. The maximum Gasteiger partial charge on any atom is 0.359 e. The van der Waals surface area contributed by atoms with E-state index in [-0.39, 0.29) is 6.42 Å². The molecule has 0 aromatic heterocycles. The van der Waals surface area contributed by atoms with E-state index in [1.54, 1.807) is 30.3 Å². The van der Waals surface area contributed by atoms with Gasteiger partial charge in [-0.2, -0.15) is 0 Å². The minimum absolute atomic E-state index is 0.137. The number of alkyl halides is 1. The normalized spacial score (nSPS) is 26.6. The van der Waals surface area contributed by atoms with E-state index in [2.05, 4.69) is 0 Å². The Morgan fingerprint density at radius 3 is 2.29 bits per heavy atom. The molecule has 0 aliphatic carbocycles. The van der Waals surface area contributed by atoms with Gasteiger partial charge < -0.3 is 9.47 Å². The number of hydrogen-bond donors (Lipinski definition) is 0. The van der Waals surface area contributed by atoms with Gasteiger partial charge in [0.1, 0.15) is 0 Å². The van der Waals surface area contributed by atoms with Gasteiger partial charge in [-0.1, -0.05) is 36.8 Å². The minimum Gasteiger partial charge on any atom is -0.439 e. The number of esters is 2. The highest BCUT2D eigenvalue weighted by molar-refractivity contribution is 6.17. The summed E-state index contributed by atoms with van der Waals surface area (Å²) in [7, 11) is 0. The Morgan fingerprint density at radius 2 is 1.67 bits per heavy atom. The van der Waals surface area contributed by atoms with Crippen molar-refractivity contribution >= 4 is 29.3 Å². The minimum atomic E-state index is -1.88. The van der Waals surface area contributed by atoms with Crippen LogP contribution in [-0.2, 0) is 29.5 Å². The number of benzene rings is 1. The first kappa shape index (κ1) is 18.5. The summed E-state index contributed by atoms with van der Waals surface area (Å²) in [5.41, 5.74) is -2.93. The fourth-order valence-electron chi connectivity index (χ4n) is 2.55. The van der Waals surface area contributed by atoms with Gasteiger partial charge in [0.05, 0.1) is 0 Å². The number of rotatable bonds is 7. The second kappa shape index (κ2) is 7.34. The van der Waals surface area contributed by atoms with Crippen molar-refractivity contribution in [1.29, 1.82) is 0 Å². The van der Waals surface area contributed by atoms with Crippen LogP contribution < -0.4 is 0 Å². The molecular formula is C18H21ClO5. The molecule has 6 heteroatoms. The lowest BCUT2D eigenvalue weighted by atomic mass is 9.90. The number of carbonyl (C=O) groups excluding carboxylic acids is 3. The number of unbranched alkanes of at least 4 members (excludes halogenated alkanes) is 2. The Kier molecular flexibility index (Phi) is 5.65. The van der Waals surface area contributed by atoms with Gasteiger partial charge in [-0.05, 0) is 26.7 Å². The highest BCUT2D eigenvalue weighted by Crippen LogP contribution is 2.36. The van der Waals surface area contributed by atoms with Gasteiger partial charge >= 0.3 is 11.9 Å². The first-order valence-corrected chi connectivity index (χ1v) is 8.49. The summed E-state index contributed by atoms with van der Waals surface area (Å²) in [6, 6.07) is 8.60. The molecule has 2 rings (SSSR count). The van der Waals surface area contributed by atoms with E-state index in [1.807, 2.05) is 0 Å². The lowest BCUT2D eigenvalue weighted by Crippen LogP contribution is -2.59. The summed E-state index contributed by atoms with van der Waals surface area (Å²) in [5, 5.41) is 0. The molecule has 130 valence electrons. The molecule has 1 aromatic carbocycles. The first-order chi connectivity index (χ1) is 11.3. The Labute approximate surface area is 146 Å². The molecule has 1 saturated heterocycles.